The molecule has 0 unspecified atom stereocenters. The van der Waals surface area contributed by atoms with Crippen molar-refractivity contribution in [1.29, 1.82) is 0 Å². The SMILES string of the molecule is CCNCc1ccc(-c2cc(Br)ccc2Cl)o1. The van der Waals surface area contributed by atoms with E-state index >= 15 is 0 Å². The molecule has 0 saturated heterocycles. The maximum absolute atomic E-state index is 6.15. The molecule has 1 aromatic carbocycles. The zero-order valence-corrected chi connectivity index (χ0v) is 11.8. The molecule has 0 aliphatic carbocycles. The quantitative estimate of drug-likeness (QED) is 0.900. The minimum atomic E-state index is 0.692. The summed E-state index contributed by atoms with van der Waals surface area (Å²) in [4.78, 5) is 0. The Kier molecular flexibility index (Phi) is 4.26. The van der Waals surface area contributed by atoms with Crippen LogP contribution in [0.4, 0.5) is 0 Å². The van der Waals surface area contributed by atoms with E-state index < -0.39 is 0 Å². The van der Waals surface area contributed by atoms with Crippen LogP contribution in [0, 0.1) is 0 Å². The summed E-state index contributed by atoms with van der Waals surface area (Å²) in [6.45, 7) is 3.73. The first-order chi connectivity index (χ1) is 8.20. The molecular formula is C13H13BrClNO. The normalized spacial score (nSPS) is 10.8. The summed E-state index contributed by atoms with van der Waals surface area (Å²) in [7, 11) is 0. The fourth-order valence-corrected chi connectivity index (χ4v) is 2.12. The summed E-state index contributed by atoms with van der Waals surface area (Å²) in [5, 5.41) is 3.91. The van der Waals surface area contributed by atoms with E-state index in [0.29, 0.717) is 5.02 Å². The third-order valence-corrected chi connectivity index (χ3v) is 3.23. The molecule has 2 rings (SSSR count). The Morgan fingerprint density at radius 2 is 2.12 bits per heavy atom. The van der Waals surface area contributed by atoms with Gasteiger partial charge in [-0.15, -0.1) is 0 Å². The molecule has 0 radical (unpaired) electrons. The van der Waals surface area contributed by atoms with Crippen LogP contribution in [0.2, 0.25) is 5.02 Å². The van der Waals surface area contributed by atoms with Gasteiger partial charge in [0.05, 0.1) is 11.6 Å². The van der Waals surface area contributed by atoms with Gasteiger partial charge in [0.25, 0.3) is 0 Å². The van der Waals surface area contributed by atoms with Gasteiger partial charge in [0.15, 0.2) is 0 Å². The maximum Gasteiger partial charge on any atom is 0.135 e. The van der Waals surface area contributed by atoms with Crippen LogP contribution >= 0.6 is 27.5 Å². The Labute approximate surface area is 114 Å². The Morgan fingerprint density at radius 1 is 1.29 bits per heavy atom. The average molecular weight is 315 g/mol. The molecule has 0 atom stereocenters. The summed E-state index contributed by atoms with van der Waals surface area (Å²) >= 11 is 9.58. The third kappa shape index (κ3) is 3.12. The minimum Gasteiger partial charge on any atom is -0.460 e. The van der Waals surface area contributed by atoms with Crippen molar-refractivity contribution in [2.24, 2.45) is 0 Å². The smallest absolute Gasteiger partial charge is 0.135 e. The zero-order chi connectivity index (χ0) is 12.3. The van der Waals surface area contributed by atoms with Gasteiger partial charge < -0.3 is 9.73 Å². The van der Waals surface area contributed by atoms with Gasteiger partial charge in [-0.05, 0) is 36.9 Å². The summed E-state index contributed by atoms with van der Waals surface area (Å²) in [6.07, 6.45) is 0. The van der Waals surface area contributed by atoms with Crippen molar-refractivity contribution >= 4 is 27.5 Å². The summed E-state index contributed by atoms with van der Waals surface area (Å²) < 4.78 is 6.73. The first-order valence-electron chi connectivity index (χ1n) is 5.45. The fraction of sp³-hybridized carbons (Fsp3) is 0.231. The van der Waals surface area contributed by atoms with Crippen molar-refractivity contribution in [1.82, 2.24) is 5.32 Å². The molecular weight excluding hydrogens is 302 g/mol. The van der Waals surface area contributed by atoms with E-state index in [1.54, 1.807) is 0 Å². The standard InChI is InChI=1S/C13H13BrClNO/c1-2-16-8-10-4-6-13(17-10)11-7-9(14)3-5-12(11)15/h3-7,16H,2,8H2,1H3. The summed E-state index contributed by atoms with van der Waals surface area (Å²) in [6, 6.07) is 9.63. The van der Waals surface area contributed by atoms with Crippen LogP contribution in [0.5, 0.6) is 0 Å². The number of halogens is 2. The van der Waals surface area contributed by atoms with Gasteiger partial charge in [0.2, 0.25) is 0 Å². The summed E-state index contributed by atoms with van der Waals surface area (Å²) in [5.41, 5.74) is 0.906. The highest BCUT2D eigenvalue weighted by Gasteiger charge is 2.08. The molecule has 2 nitrogen and oxygen atoms in total. The monoisotopic (exact) mass is 313 g/mol. The minimum absolute atomic E-state index is 0.692. The lowest BCUT2D eigenvalue weighted by Crippen LogP contribution is -2.10. The number of hydrogen-bond donors (Lipinski definition) is 1. The van der Waals surface area contributed by atoms with E-state index in [9.17, 15) is 0 Å². The van der Waals surface area contributed by atoms with Crippen LogP contribution in [0.15, 0.2) is 39.2 Å². The van der Waals surface area contributed by atoms with Crippen molar-refractivity contribution in [2.45, 2.75) is 13.5 Å². The molecule has 0 fully saturated rings. The van der Waals surface area contributed by atoms with Gasteiger partial charge in [0, 0.05) is 10.0 Å². The van der Waals surface area contributed by atoms with Crippen LogP contribution in [0.25, 0.3) is 11.3 Å². The summed E-state index contributed by atoms with van der Waals surface area (Å²) in [5.74, 6) is 1.71. The third-order valence-electron chi connectivity index (χ3n) is 2.40. The molecule has 17 heavy (non-hydrogen) atoms. The van der Waals surface area contributed by atoms with Crippen molar-refractivity contribution in [3.05, 3.63) is 45.6 Å². The maximum atomic E-state index is 6.15. The molecule has 0 spiro atoms. The van der Waals surface area contributed by atoms with Gasteiger partial charge in [-0.3, -0.25) is 0 Å². The molecule has 1 heterocycles. The molecule has 1 N–H and O–H groups in total. The van der Waals surface area contributed by atoms with Crippen molar-refractivity contribution in [3.8, 4) is 11.3 Å². The Morgan fingerprint density at radius 3 is 2.88 bits per heavy atom. The molecule has 0 aliphatic rings. The van der Waals surface area contributed by atoms with Crippen LogP contribution in [-0.4, -0.2) is 6.54 Å². The highest BCUT2D eigenvalue weighted by Crippen LogP contribution is 2.31. The first-order valence-corrected chi connectivity index (χ1v) is 6.62. The van der Waals surface area contributed by atoms with Gasteiger partial charge >= 0.3 is 0 Å². The van der Waals surface area contributed by atoms with Gasteiger partial charge in [-0.2, -0.15) is 0 Å². The number of furan rings is 1. The lowest BCUT2D eigenvalue weighted by molar-refractivity contribution is 0.498. The predicted molar refractivity (Wildman–Crippen MR) is 74.2 cm³/mol. The van der Waals surface area contributed by atoms with E-state index in [1.807, 2.05) is 30.3 Å². The molecule has 0 saturated carbocycles. The van der Waals surface area contributed by atoms with Crippen LogP contribution < -0.4 is 5.32 Å². The van der Waals surface area contributed by atoms with Gasteiger partial charge in [-0.1, -0.05) is 34.5 Å². The van der Waals surface area contributed by atoms with Crippen molar-refractivity contribution in [2.75, 3.05) is 6.54 Å². The second-order valence-corrected chi connectivity index (χ2v) is 4.99. The van der Waals surface area contributed by atoms with E-state index in [1.165, 1.54) is 0 Å². The molecule has 90 valence electrons. The Balaban J connectivity index is 2.27. The van der Waals surface area contributed by atoms with E-state index in [0.717, 1.165) is 34.6 Å². The number of nitrogens with one attached hydrogen (secondary N) is 1. The lowest BCUT2D eigenvalue weighted by Gasteiger charge is -2.02. The second-order valence-electron chi connectivity index (χ2n) is 3.67. The van der Waals surface area contributed by atoms with E-state index in [-0.39, 0.29) is 0 Å². The van der Waals surface area contributed by atoms with Gasteiger partial charge in [0.1, 0.15) is 11.5 Å². The number of benzene rings is 1. The van der Waals surface area contributed by atoms with Gasteiger partial charge in [-0.25, -0.2) is 0 Å². The van der Waals surface area contributed by atoms with Crippen LogP contribution in [-0.2, 0) is 6.54 Å². The average Bonchev–Trinajstić information content (AvgIpc) is 2.78. The fourth-order valence-electron chi connectivity index (χ4n) is 1.55. The highest BCUT2D eigenvalue weighted by atomic mass is 79.9. The topological polar surface area (TPSA) is 25.2 Å². The predicted octanol–water partition coefficient (Wildman–Crippen LogP) is 4.47. The first kappa shape index (κ1) is 12.7. The molecule has 0 amide bonds. The van der Waals surface area contributed by atoms with Crippen LogP contribution in [0.3, 0.4) is 0 Å². The largest absolute Gasteiger partial charge is 0.460 e. The zero-order valence-electron chi connectivity index (χ0n) is 9.47. The highest BCUT2D eigenvalue weighted by molar-refractivity contribution is 9.10. The van der Waals surface area contributed by atoms with E-state index in [4.69, 9.17) is 16.0 Å². The molecule has 0 aliphatic heterocycles. The molecule has 1 aromatic heterocycles. The lowest BCUT2D eigenvalue weighted by atomic mass is 10.2. The number of rotatable bonds is 4. The number of hydrogen-bond acceptors (Lipinski definition) is 2. The molecule has 2 aromatic rings. The Bertz CT molecular complexity index is 510. The van der Waals surface area contributed by atoms with E-state index in [2.05, 4.69) is 28.2 Å². The Hall–Kier alpha value is -0.770. The molecule has 0 bridgehead atoms. The second kappa shape index (κ2) is 5.71. The van der Waals surface area contributed by atoms with Crippen molar-refractivity contribution < 1.29 is 4.42 Å². The van der Waals surface area contributed by atoms with Crippen LogP contribution in [0.1, 0.15) is 12.7 Å². The van der Waals surface area contributed by atoms with Crippen molar-refractivity contribution in [3.63, 3.8) is 0 Å². The molecule has 4 heteroatoms.